The van der Waals surface area contributed by atoms with Crippen LogP contribution in [0.3, 0.4) is 0 Å². The molecule has 0 atom stereocenters. The third-order valence-corrected chi connectivity index (χ3v) is 5.96. The van der Waals surface area contributed by atoms with Gasteiger partial charge in [-0.3, -0.25) is 9.59 Å². The molecule has 1 heterocycles. The van der Waals surface area contributed by atoms with Crippen molar-refractivity contribution in [2.45, 2.75) is 19.4 Å². The summed E-state index contributed by atoms with van der Waals surface area (Å²) in [5.41, 5.74) is 6.75. The third kappa shape index (κ3) is 6.76. The van der Waals surface area contributed by atoms with E-state index >= 15 is 0 Å². The number of methoxy groups -OCH3 is 1. The zero-order chi connectivity index (χ0) is 26.2. The third-order valence-electron chi connectivity index (χ3n) is 5.96. The van der Waals surface area contributed by atoms with Crippen LogP contribution in [0.4, 0.5) is 11.4 Å². The van der Waals surface area contributed by atoms with Crippen LogP contribution in [0.25, 0.3) is 10.9 Å². The number of rotatable bonds is 10. The minimum atomic E-state index is -0.288. The highest BCUT2D eigenvalue weighted by atomic mass is 16.5. The van der Waals surface area contributed by atoms with Crippen molar-refractivity contribution in [3.8, 4) is 5.75 Å². The first-order chi connectivity index (χ1) is 17.9. The molecule has 4 rings (SSSR count). The molecule has 37 heavy (non-hydrogen) atoms. The van der Waals surface area contributed by atoms with E-state index in [0.717, 1.165) is 33.6 Å². The molecule has 2 amide bonds. The molecular weight excluding hydrogens is 466 g/mol. The van der Waals surface area contributed by atoms with E-state index in [2.05, 4.69) is 20.4 Å². The van der Waals surface area contributed by atoms with E-state index < -0.39 is 0 Å². The van der Waals surface area contributed by atoms with Crippen molar-refractivity contribution in [2.75, 3.05) is 31.4 Å². The van der Waals surface area contributed by atoms with Crippen LogP contribution >= 0.6 is 0 Å². The summed E-state index contributed by atoms with van der Waals surface area (Å²) in [7, 11) is 5.54. The number of hydrazone groups is 1. The fraction of sp³-hybridized carbons (Fsp3) is 0.207. The van der Waals surface area contributed by atoms with Crippen LogP contribution in [0.2, 0.25) is 0 Å². The first-order valence-electron chi connectivity index (χ1n) is 12.1. The molecule has 1 aromatic heterocycles. The highest BCUT2D eigenvalue weighted by Crippen LogP contribution is 2.20. The smallest absolute Gasteiger partial charge is 0.271 e. The molecular formula is C29H31N5O3. The molecule has 3 aromatic carbocycles. The summed E-state index contributed by atoms with van der Waals surface area (Å²) in [6.45, 7) is 0.699. The second-order valence-corrected chi connectivity index (χ2v) is 8.85. The van der Waals surface area contributed by atoms with Crippen LogP contribution in [0.5, 0.6) is 5.75 Å². The largest absolute Gasteiger partial charge is 0.497 e. The Morgan fingerprint density at radius 2 is 1.86 bits per heavy atom. The Morgan fingerprint density at radius 3 is 2.68 bits per heavy atom. The quantitative estimate of drug-likeness (QED) is 0.241. The number of nitrogens with one attached hydrogen (secondary N) is 2. The van der Waals surface area contributed by atoms with Gasteiger partial charge < -0.3 is 19.5 Å². The monoisotopic (exact) mass is 497 g/mol. The first kappa shape index (κ1) is 25.5. The molecule has 2 N–H and O–H groups in total. The standard InChI is InChI=1S/C29H31N5O3/c1-33(2)25-9-5-8-24(19-25)31-28(35)11-6-15-34-16-14-22-18-23(12-13-27(22)34)29(36)32-30-20-21-7-4-10-26(17-21)37-3/h4-5,7-10,12-14,16-20H,6,11,15H2,1-3H3,(H,31,35)(H,32,36). The van der Waals surface area contributed by atoms with Crippen molar-refractivity contribution in [3.63, 3.8) is 0 Å². The van der Waals surface area contributed by atoms with Gasteiger partial charge in [-0.25, -0.2) is 5.43 Å². The number of hydrogen-bond donors (Lipinski definition) is 2. The number of ether oxygens (including phenoxy) is 1. The van der Waals surface area contributed by atoms with Crippen LogP contribution in [0, 0.1) is 0 Å². The Hall–Kier alpha value is -4.59. The van der Waals surface area contributed by atoms with Crippen molar-refractivity contribution in [1.29, 1.82) is 0 Å². The molecule has 0 bridgehead atoms. The molecule has 4 aromatic rings. The Labute approximate surface area is 216 Å². The van der Waals surface area contributed by atoms with Gasteiger partial charge in [0.25, 0.3) is 5.91 Å². The van der Waals surface area contributed by atoms with E-state index in [1.54, 1.807) is 19.4 Å². The van der Waals surface area contributed by atoms with Gasteiger partial charge in [0.05, 0.1) is 13.3 Å². The maximum Gasteiger partial charge on any atom is 0.271 e. The number of carbonyl (C=O) groups excluding carboxylic acids is 2. The Kier molecular flexibility index (Phi) is 8.20. The highest BCUT2D eigenvalue weighted by molar-refractivity contribution is 5.98. The van der Waals surface area contributed by atoms with Crippen molar-refractivity contribution >= 4 is 40.3 Å². The Morgan fingerprint density at radius 1 is 1.03 bits per heavy atom. The zero-order valence-electron chi connectivity index (χ0n) is 21.3. The number of hydrogen-bond acceptors (Lipinski definition) is 5. The Bertz CT molecular complexity index is 1420. The summed E-state index contributed by atoms with van der Waals surface area (Å²) < 4.78 is 7.29. The van der Waals surface area contributed by atoms with Gasteiger partial charge in [-0.05, 0) is 66.6 Å². The second kappa shape index (κ2) is 11.9. The van der Waals surface area contributed by atoms with Crippen LogP contribution in [0.15, 0.2) is 84.1 Å². The number of amides is 2. The number of fused-ring (bicyclic) bond motifs is 1. The van der Waals surface area contributed by atoms with E-state index in [-0.39, 0.29) is 11.8 Å². The topological polar surface area (TPSA) is 88.0 Å². The average Bonchev–Trinajstić information content (AvgIpc) is 3.31. The van der Waals surface area contributed by atoms with E-state index in [0.29, 0.717) is 24.9 Å². The van der Waals surface area contributed by atoms with Crippen LogP contribution < -0.4 is 20.4 Å². The molecule has 0 radical (unpaired) electrons. The van der Waals surface area contributed by atoms with Crippen LogP contribution in [0.1, 0.15) is 28.8 Å². The summed E-state index contributed by atoms with van der Waals surface area (Å²) in [6, 6.07) is 22.7. The zero-order valence-corrected chi connectivity index (χ0v) is 21.3. The second-order valence-electron chi connectivity index (χ2n) is 8.85. The van der Waals surface area contributed by atoms with Crippen molar-refractivity contribution in [3.05, 3.63) is 90.1 Å². The molecule has 0 saturated heterocycles. The maximum absolute atomic E-state index is 12.6. The maximum atomic E-state index is 12.6. The lowest BCUT2D eigenvalue weighted by atomic mass is 10.1. The first-order valence-corrected chi connectivity index (χ1v) is 12.1. The predicted octanol–water partition coefficient (Wildman–Crippen LogP) is 4.90. The molecule has 8 heteroatoms. The fourth-order valence-corrected chi connectivity index (χ4v) is 3.98. The SMILES string of the molecule is COc1cccc(C=NNC(=O)c2ccc3c(ccn3CCCC(=O)Nc3cccc(N(C)C)c3)c2)c1. The number of carbonyl (C=O) groups is 2. The average molecular weight is 498 g/mol. The number of anilines is 2. The fourth-order valence-electron chi connectivity index (χ4n) is 3.98. The van der Waals surface area contributed by atoms with E-state index in [4.69, 9.17) is 4.74 Å². The predicted molar refractivity (Wildman–Crippen MR) is 149 cm³/mol. The molecule has 8 nitrogen and oxygen atoms in total. The number of benzene rings is 3. The molecule has 0 saturated carbocycles. The minimum Gasteiger partial charge on any atom is -0.497 e. The molecule has 0 aliphatic heterocycles. The van der Waals surface area contributed by atoms with Crippen LogP contribution in [-0.4, -0.2) is 43.8 Å². The van der Waals surface area contributed by atoms with Gasteiger partial charge in [0, 0.05) is 61.1 Å². The molecule has 0 fully saturated rings. The normalized spacial score (nSPS) is 11.0. The summed E-state index contributed by atoms with van der Waals surface area (Å²) in [5, 5.41) is 7.98. The van der Waals surface area contributed by atoms with Crippen molar-refractivity contribution in [2.24, 2.45) is 5.10 Å². The van der Waals surface area contributed by atoms with Gasteiger partial charge in [-0.1, -0.05) is 18.2 Å². The minimum absolute atomic E-state index is 0.0131. The van der Waals surface area contributed by atoms with Crippen molar-refractivity contribution in [1.82, 2.24) is 9.99 Å². The molecule has 0 aliphatic carbocycles. The van der Waals surface area contributed by atoms with Gasteiger partial charge in [0.2, 0.25) is 5.91 Å². The summed E-state index contributed by atoms with van der Waals surface area (Å²) >= 11 is 0. The lowest BCUT2D eigenvalue weighted by Gasteiger charge is -2.14. The summed E-state index contributed by atoms with van der Waals surface area (Å²) in [4.78, 5) is 27.0. The van der Waals surface area contributed by atoms with Crippen molar-refractivity contribution < 1.29 is 14.3 Å². The molecule has 0 spiro atoms. The van der Waals surface area contributed by atoms with E-state index in [1.807, 2.05) is 91.9 Å². The van der Waals surface area contributed by atoms with Gasteiger partial charge in [-0.15, -0.1) is 0 Å². The van der Waals surface area contributed by atoms with E-state index in [1.165, 1.54) is 0 Å². The molecule has 0 unspecified atom stereocenters. The lowest BCUT2D eigenvalue weighted by Crippen LogP contribution is -2.17. The molecule has 190 valence electrons. The van der Waals surface area contributed by atoms with Gasteiger partial charge >= 0.3 is 0 Å². The van der Waals surface area contributed by atoms with Gasteiger partial charge in [0.1, 0.15) is 5.75 Å². The molecule has 0 aliphatic rings. The summed E-state index contributed by atoms with van der Waals surface area (Å²) in [5.74, 6) is 0.422. The lowest BCUT2D eigenvalue weighted by molar-refractivity contribution is -0.116. The van der Waals surface area contributed by atoms with Gasteiger partial charge in [0.15, 0.2) is 0 Å². The highest BCUT2D eigenvalue weighted by Gasteiger charge is 2.09. The summed E-state index contributed by atoms with van der Waals surface area (Å²) in [6.07, 6.45) is 4.66. The van der Waals surface area contributed by atoms with E-state index in [9.17, 15) is 9.59 Å². The number of nitrogens with zero attached hydrogens (tertiary/aromatic N) is 3. The van der Waals surface area contributed by atoms with Gasteiger partial charge in [-0.2, -0.15) is 5.10 Å². The number of aromatic nitrogens is 1. The van der Waals surface area contributed by atoms with Crippen LogP contribution in [-0.2, 0) is 11.3 Å². The Balaban J connectivity index is 1.30. The number of aryl methyl sites for hydroxylation is 1.